The lowest BCUT2D eigenvalue weighted by Gasteiger charge is -2.12. The summed E-state index contributed by atoms with van der Waals surface area (Å²) in [6.07, 6.45) is 1.70. The van der Waals surface area contributed by atoms with Crippen molar-refractivity contribution < 1.29 is 14.3 Å². The van der Waals surface area contributed by atoms with Gasteiger partial charge in [-0.25, -0.2) is 4.90 Å². The average Bonchev–Trinajstić information content (AvgIpc) is 3.11. The van der Waals surface area contributed by atoms with Gasteiger partial charge in [-0.2, -0.15) is 0 Å². The number of carbonyl (C=O) groups is 2. The second kappa shape index (κ2) is 9.66. The van der Waals surface area contributed by atoms with Gasteiger partial charge in [0.1, 0.15) is 12.4 Å². The van der Waals surface area contributed by atoms with Crippen LogP contribution in [0, 0.1) is 0 Å². The second-order valence-corrected chi connectivity index (χ2v) is 9.90. The Morgan fingerprint density at radius 3 is 2.56 bits per heavy atom. The normalized spacial score (nSPS) is 14.9. The van der Waals surface area contributed by atoms with Crippen LogP contribution in [0.2, 0.25) is 5.02 Å². The molecule has 0 spiro atoms. The zero-order valence-corrected chi connectivity index (χ0v) is 20.9. The van der Waals surface area contributed by atoms with Crippen LogP contribution in [0.15, 0.2) is 94.3 Å². The number of ether oxygens (including phenoxy) is 1. The van der Waals surface area contributed by atoms with Crippen LogP contribution in [0.5, 0.6) is 5.75 Å². The van der Waals surface area contributed by atoms with Crippen LogP contribution in [-0.2, 0) is 11.4 Å². The van der Waals surface area contributed by atoms with E-state index in [1.165, 1.54) is 5.39 Å². The van der Waals surface area contributed by atoms with Crippen LogP contribution in [0.25, 0.3) is 16.8 Å². The third-order valence-electron chi connectivity index (χ3n) is 5.38. The minimum Gasteiger partial charge on any atom is -0.488 e. The molecule has 0 bridgehead atoms. The van der Waals surface area contributed by atoms with E-state index in [1.54, 1.807) is 30.3 Å². The molecule has 1 fully saturated rings. The summed E-state index contributed by atoms with van der Waals surface area (Å²) in [5.41, 5.74) is 2.33. The summed E-state index contributed by atoms with van der Waals surface area (Å²) in [5, 5.41) is 2.44. The number of benzene rings is 4. The Hall–Kier alpha value is -3.06. The van der Waals surface area contributed by atoms with Gasteiger partial charge in [0.15, 0.2) is 0 Å². The zero-order chi connectivity index (χ0) is 23.7. The zero-order valence-electron chi connectivity index (χ0n) is 17.7. The maximum Gasteiger partial charge on any atom is 0.298 e. The lowest BCUT2D eigenvalue weighted by atomic mass is 10.1. The first-order chi connectivity index (χ1) is 16.5. The smallest absolute Gasteiger partial charge is 0.298 e. The number of fused-ring (bicyclic) bond motifs is 1. The highest BCUT2D eigenvalue weighted by atomic mass is 79.9. The fraction of sp³-hybridized carbons (Fsp3) is 0.0370. The number of amides is 2. The maximum atomic E-state index is 12.9. The minimum atomic E-state index is -0.371. The van der Waals surface area contributed by atoms with Crippen molar-refractivity contribution in [2.75, 3.05) is 4.90 Å². The summed E-state index contributed by atoms with van der Waals surface area (Å²) in [7, 11) is 0. The first-order valence-corrected chi connectivity index (χ1v) is 12.4. The number of nitrogens with zero attached hydrogens (tertiary/aromatic N) is 1. The van der Waals surface area contributed by atoms with Crippen molar-refractivity contribution in [3.63, 3.8) is 0 Å². The standard InChI is InChI=1S/C27H17BrClNO3S/c28-23-13-17(14-25-26(31)30(27(32)34-25)21-9-4-8-20(29)15-21)11-12-24(23)33-16-19-7-3-6-18-5-1-2-10-22(18)19/h1-15H,16H2. The van der Waals surface area contributed by atoms with Gasteiger partial charge in [-0.15, -0.1) is 0 Å². The van der Waals surface area contributed by atoms with Gasteiger partial charge in [0.25, 0.3) is 11.1 Å². The van der Waals surface area contributed by atoms with E-state index in [1.807, 2.05) is 36.4 Å². The highest BCUT2D eigenvalue weighted by Gasteiger charge is 2.36. The first-order valence-electron chi connectivity index (χ1n) is 10.4. The highest BCUT2D eigenvalue weighted by molar-refractivity contribution is 9.10. The number of anilines is 1. The summed E-state index contributed by atoms with van der Waals surface area (Å²) >= 11 is 10.5. The molecule has 5 rings (SSSR count). The van der Waals surface area contributed by atoms with Crippen molar-refractivity contribution in [2.45, 2.75) is 6.61 Å². The number of hydrogen-bond acceptors (Lipinski definition) is 4. The molecule has 1 aliphatic rings. The van der Waals surface area contributed by atoms with Gasteiger partial charge in [0.2, 0.25) is 0 Å². The molecule has 7 heteroatoms. The molecule has 0 aliphatic carbocycles. The lowest BCUT2D eigenvalue weighted by Crippen LogP contribution is -2.27. The summed E-state index contributed by atoms with van der Waals surface area (Å²) in [4.78, 5) is 26.9. The molecule has 1 saturated heterocycles. The van der Waals surface area contributed by atoms with Crippen LogP contribution >= 0.6 is 39.3 Å². The molecule has 0 N–H and O–H groups in total. The van der Waals surface area contributed by atoms with E-state index in [-0.39, 0.29) is 11.1 Å². The van der Waals surface area contributed by atoms with Crippen LogP contribution in [0.3, 0.4) is 0 Å². The SMILES string of the molecule is O=C1SC(=Cc2ccc(OCc3cccc4ccccc34)c(Br)c2)C(=O)N1c1cccc(Cl)c1. The van der Waals surface area contributed by atoms with Crippen LogP contribution in [0.1, 0.15) is 11.1 Å². The van der Waals surface area contributed by atoms with E-state index >= 15 is 0 Å². The molecule has 1 aliphatic heterocycles. The van der Waals surface area contributed by atoms with Crippen molar-refractivity contribution >= 4 is 73.0 Å². The average molecular weight is 551 g/mol. The number of carbonyl (C=O) groups excluding carboxylic acids is 2. The van der Waals surface area contributed by atoms with E-state index < -0.39 is 0 Å². The highest BCUT2D eigenvalue weighted by Crippen LogP contribution is 2.37. The van der Waals surface area contributed by atoms with Crippen LogP contribution < -0.4 is 9.64 Å². The predicted molar refractivity (Wildman–Crippen MR) is 142 cm³/mol. The second-order valence-electron chi connectivity index (χ2n) is 7.61. The molecule has 34 heavy (non-hydrogen) atoms. The van der Waals surface area contributed by atoms with Gasteiger partial charge in [-0.1, -0.05) is 66.2 Å². The van der Waals surface area contributed by atoms with E-state index in [9.17, 15) is 9.59 Å². The molecule has 0 aromatic heterocycles. The Kier molecular flexibility index (Phi) is 6.46. The number of rotatable bonds is 5. The summed E-state index contributed by atoms with van der Waals surface area (Å²) in [6, 6.07) is 26.6. The quantitative estimate of drug-likeness (QED) is 0.236. The van der Waals surface area contributed by atoms with Gasteiger partial charge in [-0.3, -0.25) is 9.59 Å². The third-order valence-corrected chi connectivity index (χ3v) is 7.10. The summed E-state index contributed by atoms with van der Waals surface area (Å²) < 4.78 is 6.83. The number of thioether (sulfide) groups is 1. The number of imide groups is 1. The molecule has 4 aromatic carbocycles. The molecule has 4 aromatic rings. The summed E-state index contributed by atoms with van der Waals surface area (Å²) in [5.74, 6) is 0.321. The molecule has 1 heterocycles. The molecule has 0 radical (unpaired) electrons. The molecule has 2 amide bonds. The molecule has 0 unspecified atom stereocenters. The fourth-order valence-corrected chi connectivity index (χ4v) is 5.29. The van der Waals surface area contributed by atoms with E-state index in [2.05, 4.69) is 40.2 Å². The topological polar surface area (TPSA) is 46.6 Å². The van der Waals surface area contributed by atoms with Gasteiger partial charge < -0.3 is 4.74 Å². The van der Waals surface area contributed by atoms with Crippen molar-refractivity contribution in [3.05, 3.63) is 110 Å². The van der Waals surface area contributed by atoms with Crippen LogP contribution in [0.4, 0.5) is 10.5 Å². The van der Waals surface area contributed by atoms with Crippen molar-refractivity contribution in [1.29, 1.82) is 0 Å². The van der Waals surface area contributed by atoms with Crippen LogP contribution in [-0.4, -0.2) is 11.1 Å². The van der Waals surface area contributed by atoms with E-state index in [4.69, 9.17) is 16.3 Å². The van der Waals surface area contributed by atoms with Gasteiger partial charge in [0, 0.05) is 5.02 Å². The molecule has 4 nitrogen and oxygen atoms in total. The van der Waals surface area contributed by atoms with Gasteiger partial charge in [0.05, 0.1) is 15.1 Å². The van der Waals surface area contributed by atoms with E-state index in [0.717, 1.165) is 37.6 Å². The predicted octanol–water partition coefficient (Wildman–Crippen LogP) is 8.08. The van der Waals surface area contributed by atoms with Crippen molar-refractivity contribution in [2.24, 2.45) is 0 Å². The largest absolute Gasteiger partial charge is 0.488 e. The van der Waals surface area contributed by atoms with Gasteiger partial charge in [-0.05, 0) is 86.0 Å². The molecule has 0 saturated carbocycles. The Labute approximate surface area is 214 Å². The van der Waals surface area contributed by atoms with Gasteiger partial charge >= 0.3 is 0 Å². The van der Waals surface area contributed by atoms with E-state index in [0.29, 0.717) is 28.0 Å². The number of halogens is 2. The van der Waals surface area contributed by atoms with Crippen molar-refractivity contribution in [3.8, 4) is 5.75 Å². The third kappa shape index (κ3) is 4.62. The molecular formula is C27H17BrClNO3S. The minimum absolute atomic E-state index is 0.348. The Morgan fingerprint density at radius 2 is 1.74 bits per heavy atom. The monoisotopic (exact) mass is 549 g/mol. The Balaban J connectivity index is 1.34. The Morgan fingerprint density at radius 1 is 0.941 bits per heavy atom. The summed E-state index contributed by atoms with van der Waals surface area (Å²) in [6.45, 7) is 0.428. The molecule has 0 atom stereocenters. The fourth-order valence-electron chi connectivity index (χ4n) is 3.75. The maximum absolute atomic E-state index is 12.9. The molecule has 168 valence electrons. The van der Waals surface area contributed by atoms with Crippen molar-refractivity contribution in [1.82, 2.24) is 0 Å². The molecular weight excluding hydrogens is 534 g/mol. The Bertz CT molecular complexity index is 1460. The lowest BCUT2D eigenvalue weighted by molar-refractivity contribution is -0.113. The number of hydrogen-bond donors (Lipinski definition) is 0. The first kappa shape index (κ1) is 22.7.